The lowest BCUT2D eigenvalue weighted by molar-refractivity contribution is -0.385. The van der Waals surface area contributed by atoms with Crippen molar-refractivity contribution in [1.29, 1.82) is 0 Å². The van der Waals surface area contributed by atoms with E-state index in [-0.39, 0.29) is 5.69 Å². The van der Waals surface area contributed by atoms with Crippen molar-refractivity contribution in [3.63, 3.8) is 0 Å². The largest absolute Gasteiger partial charge is 0.477 e. The number of hydrogen-bond acceptors (Lipinski definition) is 5. The predicted molar refractivity (Wildman–Crippen MR) is 70.8 cm³/mol. The standard InChI is InChI=1S/C13H11FN2O5/c1-7(12-3-2-4-21-12)15-10-5-8(13(17)18)11(16(19)20)6-9(10)14/h2-7,15H,1H3,(H,17,18). The first-order chi connectivity index (χ1) is 9.90. The maximum atomic E-state index is 13.9. The summed E-state index contributed by atoms with van der Waals surface area (Å²) in [5, 5.41) is 22.4. The first-order valence-corrected chi connectivity index (χ1v) is 5.91. The molecule has 2 N–H and O–H groups in total. The van der Waals surface area contributed by atoms with Crippen LogP contribution in [0.5, 0.6) is 0 Å². The number of nitro benzene ring substituents is 1. The van der Waals surface area contributed by atoms with Crippen LogP contribution in [0.4, 0.5) is 15.8 Å². The molecule has 7 nitrogen and oxygen atoms in total. The maximum absolute atomic E-state index is 13.9. The van der Waals surface area contributed by atoms with E-state index < -0.39 is 34.0 Å². The Bertz CT molecular complexity index is 684. The Labute approximate surface area is 118 Å². The minimum absolute atomic E-state index is 0.151. The summed E-state index contributed by atoms with van der Waals surface area (Å²) >= 11 is 0. The van der Waals surface area contributed by atoms with Gasteiger partial charge in [0.25, 0.3) is 5.69 Å². The van der Waals surface area contributed by atoms with Gasteiger partial charge in [-0.15, -0.1) is 0 Å². The quantitative estimate of drug-likeness (QED) is 0.648. The molecule has 0 fully saturated rings. The molecule has 2 rings (SSSR count). The van der Waals surface area contributed by atoms with Crippen LogP contribution in [0.15, 0.2) is 34.9 Å². The van der Waals surface area contributed by atoms with Gasteiger partial charge in [-0.25, -0.2) is 9.18 Å². The predicted octanol–water partition coefficient (Wildman–Crippen LogP) is 3.20. The van der Waals surface area contributed by atoms with Crippen LogP contribution in [0, 0.1) is 15.9 Å². The summed E-state index contributed by atoms with van der Waals surface area (Å²) < 4.78 is 19.0. The van der Waals surface area contributed by atoms with E-state index >= 15 is 0 Å². The second kappa shape index (κ2) is 5.61. The molecule has 1 atom stereocenters. The average molecular weight is 294 g/mol. The van der Waals surface area contributed by atoms with Crippen LogP contribution in [-0.2, 0) is 0 Å². The summed E-state index contributed by atoms with van der Waals surface area (Å²) in [5.41, 5.74) is -1.53. The molecule has 1 aromatic heterocycles. The Hall–Kier alpha value is -2.90. The van der Waals surface area contributed by atoms with Crippen molar-refractivity contribution < 1.29 is 23.6 Å². The van der Waals surface area contributed by atoms with Crippen molar-refractivity contribution in [1.82, 2.24) is 0 Å². The number of benzene rings is 1. The smallest absolute Gasteiger partial charge is 0.342 e. The minimum Gasteiger partial charge on any atom is -0.477 e. The minimum atomic E-state index is -1.50. The van der Waals surface area contributed by atoms with Gasteiger partial charge < -0.3 is 14.8 Å². The van der Waals surface area contributed by atoms with Gasteiger partial charge in [0.15, 0.2) is 5.82 Å². The van der Waals surface area contributed by atoms with E-state index in [0.29, 0.717) is 11.8 Å². The Kier molecular flexibility index (Phi) is 3.88. The highest BCUT2D eigenvalue weighted by molar-refractivity contribution is 5.93. The van der Waals surface area contributed by atoms with Crippen LogP contribution in [0.2, 0.25) is 0 Å². The number of carboxylic acids is 1. The Morgan fingerprint density at radius 2 is 2.24 bits per heavy atom. The van der Waals surface area contributed by atoms with E-state index in [0.717, 1.165) is 6.07 Å². The number of furan rings is 1. The number of rotatable bonds is 5. The zero-order valence-electron chi connectivity index (χ0n) is 10.9. The number of nitro groups is 1. The van der Waals surface area contributed by atoms with Crippen LogP contribution < -0.4 is 5.32 Å². The summed E-state index contributed by atoms with van der Waals surface area (Å²) in [6.07, 6.45) is 1.45. The lowest BCUT2D eigenvalue weighted by Crippen LogP contribution is -2.10. The van der Waals surface area contributed by atoms with Crippen LogP contribution in [0.1, 0.15) is 29.1 Å². The number of carboxylic acid groups (broad SMARTS) is 1. The molecule has 1 unspecified atom stereocenters. The van der Waals surface area contributed by atoms with E-state index in [1.807, 2.05) is 0 Å². The number of hydrogen-bond donors (Lipinski definition) is 2. The van der Waals surface area contributed by atoms with Gasteiger partial charge in [0.1, 0.15) is 11.3 Å². The van der Waals surface area contributed by atoms with Gasteiger partial charge in [0.2, 0.25) is 0 Å². The van der Waals surface area contributed by atoms with Crippen LogP contribution in [0.25, 0.3) is 0 Å². The fourth-order valence-corrected chi connectivity index (χ4v) is 1.84. The number of aromatic carboxylic acids is 1. The van der Waals surface area contributed by atoms with Gasteiger partial charge in [-0.3, -0.25) is 10.1 Å². The van der Waals surface area contributed by atoms with Gasteiger partial charge in [0, 0.05) is 0 Å². The molecule has 0 saturated carbocycles. The van der Waals surface area contributed by atoms with Gasteiger partial charge in [-0.1, -0.05) is 0 Å². The molecule has 0 saturated heterocycles. The summed E-state index contributed by atoms with van der Waals surface area (Å²) in [6, 6.07) is 4.37. The summed E-state index contributed by atoms with van der Waals surface area (Å²) in [5.74, 6) is -1.90. The third-order valence-electron chi connectivity index (χ3n) is 2.85. The maximum Gasteiger partial charge on any atom is 0.342 e. The molecule has 0 bridgehead atoms. The lowest BCUT2D eigenvalue weighted by Gasteiger charge is -2.14. The number of anilines is 1. The molecule has 0 spiro atoms. The number of nitrogens with one attached hydrogen (secondary N) is 1. The van der Waals surface area contributed by atoms with Crippen molar-refractivity contribution >= 4 is 17.3 Å². The molecule has 1 aromatic carbocycles. The summed E-state index contributed by atoms with van der Waals surface area (Å²) in [6.45, 7) is 1.68. The van der Waals surface area contributed by atoms with Gasteiger partial charge >= 0.3 is 5.97 Å². The normalized spacial score (nSPS) is 11.9. The van der Waals surface area contributed by atoms with Gasteiger partial charge in [-0.05, 0) is 25.1 Å². The van der Waals surface area contributed by atoms with Gasteiger partial charge in [-0.2, -0.15) is 0 Å². The molecular weight excluding hydrogens is 283 g/mol. The molecule has 0 aliphatic heterocycles. The Morgan fingerprint density at radius 1 is 1.52 bits per heavy atom. The van der Waals surface area contributed by atoms with Crippen molar-refractivity contribution in [3.05, 3.63) is 57.8 Å². The van der Waals surface area contributed by atoms with E-state index in [9.17, 15) is 19.3 Å². The van der Waals surface area contributed by atoms with Crippen LogP contribution in [-0.4, -0.2) is 16.0 Å². The number of halogens is 1. The average Bonchev–Trinajstić information content (AvgIpc) is 2.94. The molecule has 1 heterocycles. The molecule has 110 valence electrons. The Balaban J connectivity index is 2.38. The lowest BCUT2D eigenvalue weighted by atomic mass is 10.1. The van der Waals surface area contributed by atoms with Crippen LogP contribution >= 0.6 is 0 Å². The number of carbonyl (C=O) groups is 1. The van der Waals surface area contributed by atoms with Crippen molar-refractivity contribution in [2.45, 2.75) is 13.0 Å². The van der Waals surface area contributed by atoms with Gasteiger partial charge in [0.05, 0.1) is 29.0 Å². The molecule has 0 aliphatic carbocycles. The Morgan fingerprint density at radius 3 is 2.76 bits per heavy atom. The van der Waals surface area contributed by atoms with Crippen molar-refractivity contribution in [2.24, 2.45) is 0 Å². The SMILES string of the molecule is CC(Nc1cc(C(=O)O)c([N+](=O)[O-])cc1F)c1ccco1. The summed E-state index contributed by atoms with van der Waals surface area (Å²) in [7, 11) is 0. The zero-order valence-corrected chi connectivity index (χ0v) is 10.9. The number of nitrogens with zero attached hydrogens (tertiary/aromatic N) is 1. The molecule has 0 aliphatic rings. The molecular formula is C13H11FN2O5. The molecule has 21 heavy (non-hydrogen) atoms. The highest BCUT2D eigenvalue weighted by Crippen LogP contribution is 2.28. The second-order valence-electron chi connectivity index (χ2n) is 4.29. The third-order valence-corrected chi connectivity index (χ3v) is 2.85. The molecule has 0 radical (unpaired) electrons. The second-order valence-corrected chi connectivity index (χ2v) is 4.29. The fraction of sp³-hybridized carbons (Fsp3) is 0.154. The van der Waals surface area contributed by atoms with E-state index in [2.05, 4.69) is 5.32 Å². The highest BCUT2D eigenvalue weighted by Gasteiger charge is 2.24. The monoisotopic (exact) mass is 294 g/mol. The van der Waals surface area contributed by atoms with Crippen molar-refractivity contribution in [2.75, 3.05) is 5.32 Å². The van der Waals surface area contributed by atoms with E-state index in [1.54, 1.807) is 19.1 Å². The van der Waals surface area contributed by atoms with E-state index in [1.165, 1.54) is 6.26 Å². The summed E-state index contributed by atoms with van der Waals surface area (Å²) in [4.78, 5) is 20.8. The molecule has 0 amide bonds. The zero-order chi connectivity index (χ0) is 15.6. The molecule has 2 aromatic rings. The highest BCUT2D eigenvalue weighted by atomic mass is 19.1. The van der Waals surface area contributed by atoms with Crippen LogP contribution in [0.3, 0.4) is 0 Å². The topological polar surface area (TPSA) is 106 Å². The third kappa shape index (κ3) is 2.99. The molecule has 8 heteroatoms. The van der Waals surface area contributed by atoms with Crippen molar-refractivity contribution in [3.8, 4) is 0 Å². The van der Waals surface area contributed by atoms with E-state index in [4.69, 9.17) is 9.52 Å². The first-order valence-electron chi connectivity index (χ1n) is 5.91. The first kappa shape index (κ1) is 14.5. The fourth-order valence-electron chi connectivity index (χ4n) is 1.84.